The molecular weight excluding hydrogens is 240 g/mol. The molecule has 0 aliphatic carbocycles. The summed E-state index contributed by atoms with van der Waals surface area (Å²) in [5, 5.41) is 8.97. The molecule has 0 aliphatic heterocycles. The van der Waals surface area contributed by atoms with Crippen LogP contribution in [0.1, 0.15) is 54.4 Å². The van der Waals surface area contributed by atoms with Crippen molar-refractivity contribution in [3.63, 3.8) is 0 Å². The zero-order valence-corrected chi connectivity index (χ0v) is 14.3. The van der Waals surface area contributed by atoms with Crippen molar-refractivity contribution in [2.24, 2.45) is 11.8 Å². The highest BCUT2D eigenvalue weighted by Gasteiger charge is 2.34. The first-order chi connectivity index (χ1) is 8.46. The summed E-state index contributed by atoms with van der Waals surface area (Å²) in [5.74, 6) is 1.11. The minimum Gasteiger partial charge on any atom is -0.413 e. The number of rotatable bonds is 10. The molecule has 0 amide bonds. The molecule has 0 bridgehead atoms. The topological polar surface area (TPSA) is 29.5 Å². The molecule has 2 atom stereocenters. The Morgan fingerprint density at radius 1 is 1.00 bits per heavy atom. The number of aliphatic hydroxyl groups is 1. The zero-order chi connectivity index (χ0) is 14.2. The highest BCUT2D eigenvalue weighted by Crippen LogP contribution is 2.30. The van der Waals surface area contributed by atoms with Gasteiger partial charge in [0, 0.05) is 12.7 Å². The molecule has 0 unspecified atom stereocenters. The molecule has 0 radical (unpaired) electrons. The maximum absolute atomic E-state index is 8.97. The van der Waals surface area contributed by atoms with Gasteiger partial charge in [0.25, 0.3) is 0 Å². The normalized spacial score (nSPS) is 16.0. The van der Waals surface area contributed by atoms with Crippen LogP contribution in [-0.2, 0) is 4.43 Å². The minimum atomic E-state index is -1.51. The predicted octanol–water partition coefficient (Wildman–Crippen LogP) is 4.44. The Balaban J connectivity index is 4.69. The predicted molar refractivity (Wildman–Crippen MR) is 82.4 cm³/mol. The second-order valence-corrected chi connectivity index (χ2v) is 10.6. The van der Waals surface area contributed by atoms with Gasteiger partial charge in [-0.2, -0.15) is 0 Å². The summed E-state index contributed by atoms with van der Waals surface area (Å²) in [5.41, 5.74) is 0. The molecule has 0 aromatic carbocycles. The van der Waals surface area contributed by atoms with E-state index < -0.39 is 8.32 Å². The van der Waals surface area contributed by atoms with Crippen LogP contribution in [0.2, 0.25) is 18.1 Å². The molecule has 0 rings (SSSR count). The molecule has 0 spiro atoms. The number of hydrogen-bond acceptors (Lipinski definition) is 2. The summed E-state index contributed by atoms with van der Waals surface area (Å²) in [6, 6.07) is 3.65. The zero-order valence-electron chi connectivity index (χ0n) is 13.3. The van der Waals surface area contributed by atoms with Crippen LogP contribution in [0.3, 0.4) is 0 Å². The fraction of sp³-hybridized carbons (Fsp3) is 1.00. The van der Waals surface area contributed by atoms with Gasteiger partial charge in [-0.1, -0.05) is 41.5 Å². The van der Waals surface area contributed by atoms with Crippen LogP contribution in [0.5, 0.6) is 0 Å². The maximum atomic E-state index is 8.97. The summed E-state index contributed by atoms with van der Waals surface area (Å²) >= 11 is 0. The van der Waals surface area contributed by atoms with Gasteiger partial charge in [0.05, 0.1) is 0 Å². The third kappa shape index (κ3) is 5.41. The van der Waals surface area contributed by atoms with Gasteiger partial charge in [-0.25, -0.2) is 0 Å². The molecule has 18 heavy (non-hydrogen) atoms. The molecule has 0 heterocycles. The van der Waals surface area contributed by atoms with Crippen molar-refractivity contribution < 1.29 is 9.53 Å². The van der Waals surface area contributed by atoms with Gasteiger partial charge in [-0.3, -0.25) is 0 Å². The standard InChI is InChI=1S/C15H34O2Si/c1-7-18(8-2,9-3)17-15(13(4)5)14(6)11-10-12-16/h13-16H,7-12H2,1-6H3/t14-,15+/m0/s1. The van der Waals surface area contributed by atoms with Gasteiger partial charge < -0.3 is 9.53 Å². The average molecular weight is 275 g/mol. The maximum Gasteiger partial charge on any atom is 0.192 e. The highest BCUT2D eigenvalue weighted by molar-refractivity contribution is 6.73. The van der Waals surface area contributed by atoms with Crippen LogP contribution in [0.4, 0.5) is 0 Å². The Hall–Kier alpha value is 0.137. The summed E-state index contributed by atoms with van der Waals surface area (Å²) in [4.78, 5) is 0. The molecule has 0 fully saturated rings. The summed E-state index contributed by atoms with van der Waals surface area (Å²) in [6.07, 6.45) is 2.33. The Morgan fingerprint density at radius 2 is 1.50 bits per heavy atom. The fourth-order valence-electron chi connectivity index (χ4n) is 2.78. The van der Waals surface area contributed by atoms with Crippen molar-refractivity contribution >= 4 is 8.32 Å². The van der Waals surface area contributed by atoms with E-state index in [2.05, 4.69) is 41.5 Å². The van der Waals surface area contributed by atoms with Crippen molar-refractivity contribution in [3.8, 4) is 0 Å². The van der Waals surface area contributed by atoms with E-state index in [1.165, 1.54) is 18.1 Å². The molecule has 110 valence electrons. The van der Waals surface area contributed by atoms with E-state index in [-0.39, 0.29) is 0 Å². The van der Waals surface area contributed by atoms with E-state index in [9.17, 15) is 0 Å². The SMILES string of the molecule is CC[Si](CC)(CC)O[C@H](C(C)C)[C@@H](C)CCCO. The Bertz CT molecular complexity index is 194. The van der Waals surface area contributed by atoms with Gasteiger partial charge in [-0.05, 0) is 42.8 Å². The second kappa shape index (κ2) is 9.11. The van der Waals surface area contributed by atoms with Crippen LogP contribution in [-0.4, -0.2) is 26.1 Å². The summed E-state index contributed by atoms with van der Waals surface area (Å²) in [7, 11) is -1.51. The van der Waals surface area contributed by atoms with Crippen molar-refractivity contribution in [3.05, 3.63) is 0 Å². The number of aliphatic hydroxyl groups excluding tert-OH is 1. The molecule has 0 aliphatic rings. The van der Waals surface area contributed by atoms with Crippen molar-refractivity contribution in [1.82, 2.24) is 0 Å². The quantitative estimate of drug-likeness (QED) is 0.597. The van der Waals surface area contributed by atoms with Gasteiger partial charge in [0.1, 0.15) is 0 Å². The first-order valence-corrected chi connectivity index (χ1v) is 10.3. The number of hydrogen-bond donors (Lipinski definition) is 1. The lowest BCUT2D eigenvalue weighted by Crippen LogP contribution is -2.44. The molecule has 0 saturated heterocycles. The van der Waals surface area contributed by atoms with E-state index in [4.69, 9.17) is 9.53 Å². The summed E-state index contributed by atoms with van der Waals surface area (Å²) < 4.78 is 6.66. The Kier molecular flexibility index (Phi) is 9.18. The summed E-state index contributed by atoms with van der Waals surface area (Å²) in [6.45, 7) is 14.0. The molecule has 3 heteroatoms. The van der Waals surface area contributed by atoms with Crippen molar-refractivity contribution in [1.29, 1.82) is 0 Å². The molecule has 0 aromatic heterocycles. The fourth-order valence-corrected chi connectivity index (χ4v) is 5.86. The highest BCUT2D eigenvalue weighted by atomic mass is 28.4. The van der Waals surface area contributed by atoms with Crippen LogP contribution < -0.4 is 0 Å². The lowest BCUT2D eigenvalue weighted by molar-refractivity contribution is 0.0774. The van der Waals surface area contributed by atoms with E-state index in [0.717, 1.165) is 12.8 Å². The lowest BCUT2D eigenvalue weighted by atomic mass is 9.91. The Morgan fingerprint density at radius 3 is 1.83 bits per heavy atom. The third-order valence-electron chi connectivity index (χ3n) is 4.35. The second-order valence-electron chi connectivity index (χ2n) is 5.91. The molecule has 2 nitrogen and oxygen atoms in total. The van der Waals surface area contributed by atoms with E-state index in [0.29, 0.717) is 24.5 Å². The average Bonchev–Trinajstić information content (AvgIpc) is 2.38. The Labute approximate surface area is 115 Å². The van der Waals surface area contributed by atoms with Gasteiger partial charge in [-0.15, -0.1) is 0 Å². The molecular formula is C15H34O2Si. The smallest absolute Gasteiger partial charge is 0.192 e. The van der Waals surface area contributed by atoms with E-state index in [1.807, 2.05) is 0 Å². The molecule has 1 N–H and O–H groups in total. The van der Waals surface area contributed by atoms with Gasteiger partial charge in [0.2, 0.25) is 0 Å². The molecule has 0 saturated carbocycles. The van der Waals surface area contributed by atoms with Crippen LogP contribution in [0, 0.1) is 11.8 Å². The monoisotopic (exact) mass is 274 g/mol. The van der Waals surface area contributed by atoms with E-state index >= 15 is 0 Å². The largest absolute Gasteiger partial charge is 0.413 e. The first kappa shape index (κ1) is 18.1. The first-order valence-electron chi connectivity index (χ1n) is 7.75. The van der Waals surface area contributed by atoms with Crippen molar-refractivity contribution in [2.45, 2.75) is 78.6 Å². The molecule has 0 aromatic rings. The van der Waals surface area contributed by atoms with Crippen LogP contribution >= 0.6 is 0 Å². The van der Waals surface area contributed by atoms with Gasteiger partial charge in [0.15, 0.2) is 8.32 Å². The van der Waals surface area contributed by atoms with E-state index in [1.54, 1.807) is 0 Å². The third-order valence-corrected chi connectivity index (χ3v) is 8.99. The van der Waals surface area contributed by atoms with Gasteiger partial charge >= 0.3 is 0 Å². The van der Waals surface area contributed by atoms with Crippen molar-refractivity contribution in [2.75, 3.05) is 6.61 Å². The van der Waals surface area contributed by atoms with Crippen LogP contribution in [0.25, 0.3) is 0 Å². The van der Waals surface area contributed by atoms with Crippen LogP contribution in [0.15, 0.2) is 0 Å². The lowest BCUT2D eigenvalue weighted by Gasteiger charge is -2.38. The minimum absolute atomic E-state index is 0.299.